The number of amides is 1. The lowest BCUT2D eigenvalue weighted by Gasteiger charge is -2.38. The average Bonchev–Trinajstić information content (AvgIpc) is 2.77. The molecule has 1 N–H and O–H groups in total. The second kappa shape index (κ2) is 12.0. The van der Waals surface area contributed by atoms with E-state index >= 15 is 0 Å². The Morgan fingerprint density at radius 1 is 1.27 bits per heavy atom. The van der Waals surface area contributed by atoms with Crippen molar-refractivity contribution in [3.05, 3.63) is 66.3 Å². The Hall–Kier alpha value is -2.79. The van der Waals surface area contributed by atoms with E-state index in [1.807, 2.05) is 44.2 Å². The molecule has 1 aromatic rings. The van der Waals surface area contributed by atoms with Crippen molar-refractivity contribution < 1.29 is 19.0 Å². The van der Waals surface area contributed by atoms with Gasteiger partial charge in [-0.25, -0.2) is 0 Å². The molecule has 0 bridgehead atoms. The van der Waals surface area contributed by atoms with Gasteiger partial charge in [-0.2, -0.15) is 0 Å². The molecule has 1 aromatic carbocycles. The van der Waals surface area contributed by atoms with Crippen LogP contribution < -0.4 is 14.8 Å². The van der Waals surface area contributed by atoms with Gasteiger partial charge in [-0.1, -0.05) is 36.9 Å². The summed E-state index contributed by atoms with van der Waals surface area (Å²) in [6.45, 7) is 10.2. The van der Waals surface area contributed by atoms with Gasteiger partial charge in [-0.15, -0.1) is 0 Å². The van der Waals surface area contributed by atoms with E-state index < -0.39 is 0 Å². The van der Waals surface area contributed by atoms with Crippen LogP contribution in [0.4, 0.5) is 0 Å². The highest BCUT2D eigenvalue weighted by Gasteiger charge is 2.35. The summed E-state index contributed by atoms with van der Waals surface area (Å²) in [7, 11) is 1.60. The largest absolute Gasteiger partial charge is 0.493 e. The molecule has 1 fully saturated rings. The zero-order valence-electron chi connectivity index (χ0n) is 18.3. The van der Waals surface area contributed by atoms with E-state index in [1.165, 1.54) is 5.57 Å². The third-order valence-corrected chi connectivity index (χ3v) is 5.22. The van der Waals surface area contributed by atoms with E-state index in [9.17, 15) is 4.79 Å². The zero-order valence-corrected chi connectivity index (χ0v) is 18.3. The number of hydrogen-bond donors (Lipinski definition) is 1. The fourth-order valence-electron chi connectivity index (χ4n) is 3.60. The van der Waals surface area contributed by atoms with Crippen molar-refractivity contribution in [2.45, 2.75) is 26.7 Å². The fraction of sp³-hybridized carbons (Fsp3) is 0.400. The Balaban J connectivity index is 2.08. The fourth-order valence-corrected chi connectivity index (χ4v) is 3.60. The molecule has 1 aliphatic rings. The van der Waals surface area contributed by atoms with Crippen LogP contribution >= 0.6 is 0 Å². The maximum Gasteiger partial charge on any atom is 0.244 e. The van der Waals surface area contributed by atoms with Gasteiger partial charge < -0.3 is 19.5 Å². The number of hydrogen-bond acceptors (Lipinski definition) is 4. The van der Waals surface area contributed by atoms with Crippen LogP contribution in [0.3, 0.4) is 0 Å². The van der Waals surface area contributed by atoms with Crippen molar-refractivity contribution in [1.82, 2.24) is 5.32 Å². The summed E-state index contributed by atoms with van der Waals surface area (Å²) in [6.07, 6.45) is 13.0. The summed E-state index contributed by atoms with van der Waals surface area (Å²) in [5.41, 5.74) is 1.89. The summed E-state index contributed by atoms with van der Waals surface area (Å²) in [6, 6.07) is 5.60. The highest BCUT2D eigenvalue weighted by atomic mass is 16.5. The van der Waals surface area contributed by atoms with Crippen LogP contribution in [0.15, 0.2) is 60.7 Å². The Morgan fingerprint density at radius 2 is 2.03 bits per heavy atom. The highest BCUT2D eigenvalue weighted by Crippen LogP contribution is 2.38. The van der Waals surface area contributed by atoms with E-state index in [0.717, 1.165) is 18.4 Å². The molecule has 162 valence electrons. The van der Waals surface area contributed by atoms with Crippen molar-refractivity contribution in [2.24, 2.45) is 5.41 Å². The van der Waals surface area contributed by atoms with Crippen LogP contribution in [0.5, 0.6) is 11.5 Å². The standard InChI is InChI=1S/C25H33NO4/c1-5-8-21(9-6-2)25(14-16-29-17-15-25)19-26-24(27)13-11-20-10-12-22(30-7-3)23(18-20)28-4/h5-6,8-13,18H,1,7,14-17,19H2,2-4H3,(H,26,27)/b9-6-,13-11+,21-8+. The van der Waals surface area contributed by atoms with Gasteiger partial charge >= 0.3 is 0 Å². The third kappa shape index (κ3) is 6.36. The first-order valence-corrected chi connectivity index (χ1v) is 10.4. The van der Waals surface area contributed by atoms with Gasteiger partial charge in [0.15, 0.2) is 11.5 Å². The first-order valence-electron chi connectivity index (χ1n) is 10.4. The normalized spacial score (nSPS) is 16.6. The number of carbonyl (C=O) groups excluding carboxylic acids is 1. The highest BCUT2D eigenvalue weighted by molar-refractivity contribution is 5.91. The number of ether oxygens (including phenoxy) is 3. The number of rotatable bonds is 10. The van der Waals surface area contributed by atoms with E-state index in [2.05, 4.69) is 18.0 Å². The Kier molecular flexibility index (Phi) is 9.42. The number of carbonyl (C=O) groups is 1. The predicted molar refractivity (Wildman–Crippen MR) is 122 cm³/mol. The lowest BCUT2D eigenvalue weighted by Crippen LogP contribution is -2.42. The molecule has 5 nitrogen and oxygen atoms in total. The second-order valence-electron chi connectivity index (χ2n) is 7.14. The molecule has 30 heavy (non-hydrogen) atoms. The number of methoxy groups -OCH3 is 1. The molecular weight excluding hydrogens is 378 g/mol. The Bertz CT molecular complexity index is 801. The van der Waals surface area contributed by atoms with Gasteiger partial charge in [0, 0.05) is 31.2 Å². The van der Waals surface area contributed by atoms with Gasteiger partial charge in [-0.3, -0.25) is 4.79 Å². The van der Waals surface area contributed by atoms with Gasteiger partial charge in [-0.05, 0) is 56.0 Å². The van der Waals surface area contributed by atoms with Crippen molar-refractivity contribution in [3.8, 4) is 11.5 Å². The van der Waals surface area contributed by atoms with Crippen LogP contribution in [-0.2, 0) is 9.53 Å². The van der Waals surface area contributed by atoms with E-state index in [4.69, 9.17) is 14.2 Å². The van der Waals surface area contributed by atoms with Gasteiger partial charge in [0.25, 0.3) is 0 Å². The van der Waals surface area contributed by atoms with Crippen LogP contribution in [0.25, 0.3) is 6.08 Å². The molecule has 0 radical (unpaired) electrons. The van der Waals surface area contributed by atoms with Gasteiger partial charge in [0.2, 0.25) is 5.91 Å². The molecule has 0 aromatic heterocycles. The molecule has 0 unspecified atom stereocenters. The van der Waals surface area contributed by atoms with Crippen LogP contribution in [0.2, 0.25) is 0 Å². The molecule has 0 aliphatic carbocycles. The quantitative estimate of drug-likeness (QED) is 0.448. The molecule has 1 saturated heterocycles. The molecule has 0 saturated carbocycles. The van der Waals surface area contributed by atoms with Gasteiger partial charge in [0.1, 0.15) is 0 Å². The number of benzene rings is 1. The Morgan fingerprint density at radius 3 is 2.67 bits per heavy atom. The minimum absolute atomic E-state index is 0.132. The smallest absolute Gasteiger partial charge is 0.244 e. The number of allylic oxidation sites excluding steroid dienone is 4. The monoisotopic (exact) mass is 411 g/mol. The topological polar surface area (TPSA) is 56.8 Å². The first-order chi connectivity index (χ1) is 14.6. The van der Waals surface area contributed by atoms with Gasteiger partial charge in [0.05, 0.1) is 13.7 Å². The Labute approximate surface area is 180 Å². The second-order valence-corrected chi connectivity index (χ2v) is 7.14. The predicted octanol–water partition coefficient (Wildman–Crippen LogP) is 4.71. The van der Waals surface area contributed by atoms with Crippen molar-refractivity contribution in [1.29, 1.82) is 0 Å². The first kappa shape index (κ1) is 23.5. The summed E-state index contributed by atoms with van der Waals surface area (Å²) >= 11 is 0. The lowest BCUT2D eigenvalue weighted by atomic mass is 9.73. The average molecular weight is 412 g/mol. The molecule has 1 aliphatic heterocycles. The summed E-state index contributed by atoms with van der Waals surface area (Å²) < 4.78 is 16.5. The maximum absolute atomic E-state index is 12.5. The minimum Gasteiger partial charge on any atom is -0.493 e. The third-order valence-electron chi connectivity index (χ3n) is 5.22. The summed E-state index contributed by atoms with van der Waals surface area (Å²) in [5, 5.41) is 3.07. The summed E-state index contributed by atoms with van der Waals surface area (Å²) in [5.74, 6) is 1.20. The molecule has 0 spiro atoms. The molecule has 1 amide bonds. The van der Waals surface area contributed by atoms with E-state index in [1.54, 1.807) is 25.3 Å². The summed E-state index contributed by atoms with van der Waals surface area (Å²) in [4.78, 5) is 12.5. The lowest BCUT2D eigenvalue weighted by molar-refractivity contribution is -0.117. The van der Waals surface area contributed by atoms with Crippen LogP contribution in [-0.4, -0.2) is 39.4 Å². The minimum atomic E-state index is -0.148. The molecule has 2 rings (SSSR count). The SMILES string of the molecule is C=C/C=C(\C=C/C)C1(CNC(=O)/C=C/c2ccc(OCC)c(OC)c2)CCOCC1. The van der Waals surface area contributed by atoms with Crippen molar-refractivity contribution in [3.63, 3.8) is 0 Å². The van der Waals surface area contributed by atoms with Crippen LogP contribution in [0.1, 0.15) is 32.3 Å². The number of nitrogens with one attached hydrogen (secondary N) is 1. The molecular formula is C25H33NO4. The maximum atomic E-state index is 12.5. The van der Waals surface area contributed by atoms with Crippen molar-refractivity contribution in [2.75, 3.05) is 33.5 Å². The zero-order chi connectivity index (χ0) is 21.8. The van der Waals surface area contributed by atoms with E-state index in [-0.39, 0.29) is 11.3 Å². The van der Waals surface area contributed by atoms with Crippen molar-refractivity contribution >= 4 is 12.0 Å². The molecule has 0 atom stereocenters. The molecule has 5 heteroatoms. The van der Waals surface area contributed by atoms with E-state index in [0.29, 0.717) is 37.9 Å². The van der Waals surface area contributed by atoms with Crippen LogP contribution in [0, 0.1) is 5.41 Å². The molecule has 1 heterocycles.